The monoisotopic (exact) mass is 378 g/mol. The zero-order valence-corrected chi connectivity index (χ0v) is 16.3. The summed E-state index contributed by atoms with van der Waals surface area (Å²) in [5.41, 5.74) is 3.67. The van der Waals surface area contributed by atoms with E-state index in [2.05, 4.69) is 4.72 Å². The van der Waals surface area contributed by atoms with Crippen molar-refractivity contribution >= 4 is 33.0 Å². The molecule has 2 heterocycles. The summed E-state index contributed by atoms with van der Waals surface area (Å²) in [6.07, 6.45) is 1.18. The highest BCUT2D eigenvalue weighted by molar-refractivity contribution is 7.94. The van der Waals surface area contributed by atoms with Crippen molar-refractivity contribution < 1.29 is 13.2 Å². The van der Waals surface area contributed by atoms with Crippen LogP contribution in [-0.4, -0.2) is 25.8 Å². The summed E-state index contributed by atoms with van der Waals surface area (Å²) in [5, 5.41) is 0. The Hall–Kier alpha value is -1.86. The van der Waals surface area contributed by atoms with E-state index in [0.29, 0.717) is 35.8 Å². The first kappa shape index (κ1) is 17.9. The number of sulfonamides is 1. The third-order valence-electron chi connectivity index (χ3n) is 4.52. The predicted molar refractivity (Wildman–Crippen MR) is 100 cm³/mol. The molecule has 0 saturated heterocycles. The van der Waals surface area contributed by atoms with E-state index in [9.17, 15) is 13.2 Å². The van der Waals surface area contributed by atoms with Gasteiger partial charge in [-0.05, 0) is 55.2 Å². The summed E-state index contributed by atoms with van der Waals surface area (Å²) in [5.74, 6) is 0.106. The van der Waals surface area contributed by atoms with Crippen molar-refractivity contribution in [2.75, 3.05) is 11.3 Å². The van der Waals surface area contributed by atoms with Gasteiger partial charge in [0.2, 0.25) is 5.91 Å². The average Bonchev–Trinajstić information content (AvgIpc) is 3.01. The Morgan fingerprint density at radius 3 is 2.68 bits per heavy atom. The molecule has 0 unspecified atom stereocenters. The molecule has 0 saturated carbocycles. The molecular formula is C18H22N2O3S2. The van der Waals surface area contributed by atoms with Crippen LogP contribution in [0.15, 0.2) is 28.5 Å². The van der Waals surface area contributed by atoms with Gasteiger partial charge in [0.05, 0.1) is 0 Å². The van der Waals surface area contributed by atoms with Crippen LogP contribution >= 0.6 is 11.3 Å². The van der Waals surface area contributed by atoms with Crippen LogP contribution in [0.1, 0.15) is 34.9 Å². The summed E-state index contributed by atoms with van der Waals surface area (Å²) in [6, 6.07) is 7.22. The molecule has 1 aromatic heterocycles. The van der Waals surface area contributed by atoms with Crippen LogP contribution in [-0.2, 0) is 27.8 Å². The fraction of sp³-hybridized carbons (Fsp3) is 0.389. The molecule has 1 N–H and O–H groups in total. The van der Waals surface area contributed by atoms with Crippen molar-refractivity contribution in [2.45, 2.75) is 44.4 Å². The summed E-state index contributed by atoms with van der Waals surface area (Å²) in [7, 11) is -3.62. The van der Waals surface area contributed by atoms with Crippen molar-refractivity contribution in [3.05, 3.63) is 45.8 Å². The molecule has 0 spiro atoms. The van der Waals surface area contributed by atoms with Crippen LogP contribution in [0.5, 0.6) is 0 Å². The van der Waals surface area contributed by atoms with Gasteiger partial charge in [0.25, 0.3) is 10.0 Å². The maximum absolute atomic E-state index is 12.7. The molecule has 7 heteroatoms. The van der Waals surface area contributed by atoms with Crippen LogP contribution in [0.25, 0.3) is 0 Å². The van der Waals surface area contributed by atoms with Gasteiger partial charge in [-0.2, -0.15) is 0 Å². The summed E-state index contributed by atoms with van der Waals surface area (Å²) in [4.78, 5) is 14.7. The van der Waals surface area contributed by atoms with E-state index >= 15 is 0 Å². The molecule has 1 aliphatic heterocycles. The van der Waals surface area contributed by atoms with Crippen LogP contribution in [0.2, 0.25) is 0 Å². The van der Waals surface area contributed by atoms with Gasteiger partial charge in [0.15, 0.2) is 0 Å². The first-order valence-electron chi connectivity index (χ1n) is 8.29. The Kier molecular flexibility index (Phi) is 4.88. The van der Waals surface area contributed by atoms with Crippen molar-refractivity contribution in [3.8, 4) is 0 Å². The number of amides is 1. The van der Waals surface area contributed by atoms with Gasteiger partial charge >= 0.3 is 0 Å². The van der Waals surface area contributed by atoms with E-state index in [1.54, 1.807) is 17.0 Å². The summed E-state index contributed by atoms with van der Waals surface area (Å²) >= 11 is 1.30. The lowest BCUT2D eigenvalue weighted by molar-refractivity contribution is -0.131. The van der Waals surface area contributed by atoms with E-state index in [1.165, 1.54) is 11.3 Å². The first-order valence-corrected chi connectivity index (χ1v) is 10.6. The predicted octanol–water partition coefficient (Wildman–Crippen LogP) is 3.46. The molecule has 2 aromatic rings. The van der Waals surface area contributed by atoms with E-state index in [4.69, 9.17) is 0 Å². The number of rotatable bonds is 4. The minimum atomic E-state index is -3.62. The molecule has 134 valence electrons. The normalized spacial score (nSPS) is 14.3. The van der Waals surface area contributed by atoms with Crippen LogP contribution in [0.3, 0.4) is 0 Å². The average molecular weight is 379 g/mol. The number of hydrogen-bond acceptors (Lipinski definition) is 4. The van der Waals surface area contributed by atoms with Crippen LogP contribution < -0.4 is 4.72 Å². The maximum Gasteiger partial charge on any atom is 0.271 e. The van der Waals surface area contributed by atoms with E-state index < -0.39 is 10.0 Å². The van der Waals surface area contributed by atoms with Crippen molar-refractivity contribution in [3.63, 3.8) is 0 Å². The number of carbonyl (C=O) groups is 1. The third-order valence-corrected chi connectivity index (χ3v) is 7.62. The number of hydrogen-bond donors (Lipinski definition) is 1. The Morgan fingerprint density at radius 1 is 1.24 bits per heavy atom. The number of thiophene rings is 1. The molecule has 0 bridgehead atoms. The highest BCUT2D eigenvalue weighted by atomic mass is 32.2. The van der Waals surface area contributed by atoms with Crippen LogP contribution in [0.4, 0.5) is 5.69 Å². The molecule has 0 aliphatic carbocycles. The number of nitrogens with one attached hydrogen (secondary N) is 1. The Balaban J connectivity index is 1.83. The second kappa shape index (κ2) is 6.80. The minimum absolute atomic E-state index is 0.106. The highest BCUT2D eigenvalue weighted by Crippen LogP contribution is 2.32. The largest absolute Gasteiger partial charge is 0.338 e. The van der Waals surface area contributed by atoms with Crippen LogP contribution in [0, 0.1) is 13.8 Å². The number of nitrogens with zero attached hydrogens (tertiary/aromatic N) is 1. The van der Waals surface area contributed by atoms with E-state index in [1.807, 2.05) is 32.9 Å². The molecule has 0 radical (unpaired) electrons. The topological polar surface area (TPSA) is 66.5 Å². The maximum atomic E-state index is 12.7. The lowest BCUT2D eigenvalue weighted by Gasteiger charge is -2.26. The van der Waals surface area contributed by atoms with Gasteiger partial charge in [-0.3, -0.25) is 9.52 Å². The highest BCUT2D eigenvalue weighted by Gasteiger charge is 2.26. The summed E-state index contributed by atoms with van der Waals surface area (Å²) < 4.78 is 28.4. The number of carbonyl (C=O) groups excluding carboxylic acids is 1. The van der Waals surface area contributed by atoms with Gasteiger partial charge in [0, 0.05) is 30.1 Å². The number of aryl methyl sites for hydroxylation is 2. The first-order chi connectivity index (χ1) is 11.8. The molecule has 1 aromatic carbocycles. The fourth-order valence-electron chi connectivity index (χ4n) is 2.89. The Labute approximate surface area is 152 Å². The van der Waals surface area contributed by atoms with E-state index in [0.717, 1.165) is 21.6 Å². The minimum Gasteiger partial charge on any atom is -0.338 e. The van der Waals surface area contributed by atoms with Gasteiger partial charge in [-0.1, -0.05) is 13.0 Å². The van der Waals surface area contributed by atoms with Gasteiger partial charge in [-0.25, -0.2) is 8.42 Å². The number of benzene rings is 1. The number of fused-ring (bicyclic) bond motifs is 1. The van der Waals surface area contributed by atoms with Crippen molar-refractivity contribution in [1.82, 2.24) is 4.90 Å². The second-order valence-electron chi connectivity index (χ2n) is 6.34. The van der Waals surface area contributed by atoms with Gasteiger partial charge in [0.1, 0.15) is 4.21 Å². The lowest BCUT2D eigenvalue weighted by atomic mass is 10.1. The molecule has 5 nitrogen and oxygen atoms in total. The zero-order valence-electron chi connectivity index (χ0n) is 14.6. The molecule has 0 fully saturated rings. The molecule has 0 atom stereocenters. The third kappa shape index (κ3) is 3.72. The smallest absolute Gasteiger partial charge is 0.271 e. The fourth-order valence-corrected chi connectivity index (χ4v) is 5.48. The molecule has 1 aliphatic rings. The summed E-state index contributed by atoms with van der Waals surface area (Å²) in [6.45, 7) is 6.94. The number of anilines is 1. The molecular weight excluding hydrogens is 356 g/mol. The second-order valence-corrected chi connectivity index (χ2v) is 9.38. The zero-order chi connectivity index (χ0) is 18.2. The molecule has 3 rings (SSSR count). The quantitative estimate of drug-likeness (QED) is 0.886. The lowest BCUT2D eigenvalue weighted by Crippen LogP contribution is -2.34. The standard InChI is InChI=1S/C18H22N2O3S2/c1-4-17(21)20-8-7-16-14(11-20)10-18(24-16)25(22,23)19-15-6-5-12(2)13(3)9-15/h5-6,9-10,19H,4,7-8,11H2,1-3H3. The SMILES string of the molecule is CCC(=O)N1CCc2sc(S(=O)(=O)Nc3ccc(C)c(C)c3)cc2C1. The molecule has 1 amide bonds. The van der Waals surface area contributed by atoms with Gasteiger partial charge in [-0.15, -0.1) is 11.3 Å². The Morgan fingerprint density at radius 2 is 2.00 bits per heavy atom. The van der Waals surface area contributed by atoms with Gasteiger partial charge < -0.3 is 4.90 Å². The molecule has 25 heavy (non-hydrogen) atoms. The Bertz CT molecular complexity index is 916. The van der Waals surface area contributed by atoms with Crippen molar-refractivity contribution in [2.24, 2.45) is 0 Å². The van der Waals surface area contributed by atoms with Crippen molar-refractivity contribution in [1.29, 1.82) is 0 Å². The van der Waals surface area contributed by atoms with E-state index in [-0.39, 0.29) is 5.91 Å².